The topological polar surface area (TPSA) is 192 Å². The zero-order chi connectivity index (χ0) is 34.5. The van der Waals surface area contributed by atoms with Crippen LogP contribution in [-0.4, -0.2) is 55.9 Å². The Morgan fingerprint density at radius 3 is 2.69 bits per heavy atom. The maximum atomic E-state index is 14.3. The molecule has 4 fully saturated rings. The highest BCUT2D eigenvalue weighted by molar-refractivity contribution is 7.46. The first kappa shape index (κ1) is 32.7. The first-order chi connectivity index (χ1) is 23.2. The number of phosphoric acid groups is 1. The molecule has 1 saturated heterocycles. The van der Waals surface area contributed by atoms with Crippen LogP contribution in [0.1, 0.15) is 62.5 Å². The molecule has 3 aromatic rings. The lowest BCUT2D eigenvalue weighted by molar-refractivity contribution is -0.200. The van der Waals surface area contributed by atoms with E-state index in [2.05, 4.69) is 11.9 Å². The van der Waals surface area contributed by atoms with Crippen LogP contribution >= 0.6 is 7.82 Å². The lowest BCUT2D eigenvalue weighted by Crippen LogP contribution is -2.63. The number of nitrogens with two attached hydrogens (primary N) is 1. The third-order valence-corrected chi connectivity index (χ3v) is 12.7. The lowest BCUT2D eigenvalue weighted by Gasteiger charge is -2.59. The Balaban J connectivity index is 1.10. The molecule has 12 nitrogen and oxygen atoms in total. The third-order valence-electron chi connectivity index (χ3n) is 12.3. The number of allylic oxidation sites excluding steroid dienone is 4. The van der Waals surface area contributed by atoms with Gasteiger partial charge >= 0.3 is 7.82 Å². The Hall–Kier alpha value is -3.48. The van der Waals surface area contributed by atoms with E-state index in [1.807, 2.05) is 43.3 Å². The third kappa shape index (κ3) is 4.95. The molecule has 9 atom stereocenters. The van der Waals surface area contributed by atoms with Crippen LogP contribution in [0.3, 0.4) is 0 Å². The van der Waals surface area contributed by atoms with Crippen LogP contribution in [0.4, 0.5) is 5.69 Å². The largest absolute Gasteiger partial charge is 0.470 e. The van der Waals surface area contributed by atoms with Crippen molar-refractivity contribution in [3.05, 3.63) is 83.3 Å². The Morgan fingerprint density at radius 1 is 1.16 bits per heavy atom. The number of oxazole rings is 1. The fourth-order valence-electron chi connectivity index (χ4n) is 10.1. The molecule has 1 aromatic heterocycles. The maximum Gasteiger partial charge on any atom is 0.470 e. The first-order valence-corrected chi connectivity index (χ1v) is 18.1. The molecule has 5 aliphatic rings. The van der Waals surface area contributed by atoms with E-state index in [0.29, 0.717) is 41.6 Å². The van der Waals surface area contributed by atoms with Crippen molar-refractivity contribution in [2.45, 2.75) is 70.1 Å². The molecule has 8 rings (SSSR count). The Morgan fingerprint density at radius 2 is 1.94 bits per heavy atom. The molecule has 13 heteroatoms. The predicted molar refractivity (Wildman–Crippen MR) is 175 cm³/mol. The molecular formula is C36H39N2O10P. The number of nitrogen functional groups attached to an aromatic ring is 1. The molecule has 1 aliphatic heterocycles. The van der Waals surface area contributed by atoms with Gasteiger partial charge in [-0.25, -0.2) is 9.55 Å². The number of aromatic nitrogens is 1. The van der Waals surface area contributed by atoms with Gasteiger partial charge in [-0.15, -0.1) is 0 Å². The van der Waals surface area contributed by atoms with E-state index in [4.69, 9.17) is 24.1 Å². The van der Waals surface area contributed by atoms with Gasteiger partial charge in [0.2, 0.25) is 0 Å². The highest BCUT2D eigenvalue weighted by Gasteiger charge is 2.76. The predicted octanol–water partition coefficient (Wildman–Crippen LogP) is 4.72. The van der Waals surface area contributed by atoms with Gasteiger partial charge in [0.05, 0.1) is 17.9 Å². The Kier molecular flexibility index (Phi) is 7.52. The maximum absolute atomic E-state index is 14.3. The number of anilines is 1. The molecule has 2 aromatic carbocycles. The van der Waals surface area contributed by atoms with Gasteiger partial charge in [0.15, 0.2) is 35.4 Å². The number of carbonyl (C=O) groups excluding carboxylic acids is 2. The standard InChI is InChI=1S/C36H39N2O10P/c1-34-12-11-23(39)14-22(34)8-9-24-25-15-29-36(28(41)17-46-49(42,43)44,35(25,2)16-27(40)30(24)34)48-33(47-29)20-5-3-19(4-6-20)13-21-7-10-26(37)31-32(21)45-18-38-31/h3-7,10-12,14,18,24-25,27,29-30,33,40H,8-9,13,15-17,37H2,1-2H3,(H2,42,43,44)/t24-,25-,27-,29+,30+,33+,34-,35-,36+/m0/s1. The SMILES string of the molecule is C[C@]12C=CC(=O)C=C1CC[C@@H]1[C@@H]2[C@@H](O)C[C@@]2(C)[C@H]1C[C@H]1O[C@@H](c3ccc(Cc4ccc(N)c5ncoc45)cc3)O[C@]12C(=O)COP(=O)(O)O. The molecule has 0 unspecified atom stereocenters. The van der Waals surface area contributed by atoms with Gasteiger partial charge in [-0.05, 0) is 61.3 Å². The van der Waals surface area contributed by atoms with E-state index < -0.39 is 55.1 Å². The van der Waals surface area contributed by atoms with Crippen LogP contribution in [0.15, 0.2) is 71.0 Å². The number of aliphatic hydroxyl groups is 1. The number of aliphatic hydroxyl groups excluding tert-OH is 1. The number of ketones is 2. The summed E-state index contributed by atoms with van der Waals surface area (Å²) < 4.78 is 35.4. The molecule has 258 valence electrons. The Bertz CT molecular complexity index is 1970. The van der Waals surface area contributed by atoms with E-state index in [9.17, 15) is 29.0 Å². The summed E-state index contributed by atoms with van der Waals surface area (Å²) >= 11 is 0. The summed E-state index contributed by atoms with van der Waals surface area (Å²) in [5.41, 5.74) is 8.35. The van der Waals surface area contributed by atoms with Gasteiger partial charge in [-0.2, -0.15) is 0 Å². The summed E-state index contributed by atoms with van der Waals surface area (Å²) in [7, 11) is -4.97. The number of rotatable bonds is 7. The average Bonchev–Trinajstić information content (AvgIpc) is 3.75. The van der Waals surface area contributed by atoms with Crippen LogP contribution in [0.2, 0.25) is 0 Å². The summed E-state index contributed by atoms with van der Waals surface area (Å²) in [6.45, 7) is 3.14. The summed E-state index contributed by atoms with van der Waals surface area (Å²) in [6, 6.07) is 11.3. The zero-order valence-corrected chi connectivity index (χ0v) is 28.0. The van der Waals surface area contributed by atoms with Crippen molar-refractivity contribution in [1.29, 1.82) is 0 Å². The highest BCUT2D eigenvalue weighted by atomic mass is 31.2. The normalized spacial score (nSPS) is 36.6. The number of ether oxygens (including phenoxy) is 2. The van der Waals surface area contributed by atoms with Gasteiger partial charge in [0.25, 0.3) is 0 Å². The van der Waals surface area contributed by atoms with Gasteiger partial charge in [0.1, 0.15) is 12.1 Å². The van der Waals surface area contributed by atoms with Crippen molar-refractivity contribution in [2.24, 2.45) is 28.6 Å². The van der Waals surface area contributed by atoms with E-state index in [-0.39, 0.29) is 30.0 Å². The van der Waals surface area contributed by atoms with E-state index in [0.717, 1.165) is 23.1 Å². The summed E-state index contributed by atoms with van der Waals surface area (Å²) in [5, 5.41) is 11.9. The fourth-order valence-corrected chi connectivity index (χ4v) is 10.4. The van der Waals surface area contributed by atoms with Gasteiger partial charge in [-0.1, -0.05) is 55.8 Å². The second-order valence-corrected chi connectivity index (χ2v) is 15.9. The molecule has 49 heavy (non-hydrogen) atoms. The van der Waals surface area contributed by atoms with Crippen molar-refractivity contribution in [1.82, 2.24) is 4.98 Å². The highest BCUT2D eigenvalue weighted by Crippen LogP contribution is 2.70. The second kappa shape index (κ2) is 11.3. The molecule has 0 bridgehead atoms. The van der Waals surface area contributed by atoms with Crippen LogP contribution in [-0.2, 0) is 34.6 Å². The van der Waals surface area contributed by atoms with E-state index >= 15 is 0 Å². The quantitative estimate of drug-likeness (QED) is 0.197. The van der Waals surface area contributed by atoms with E-state index in [1.54, 1.807) is 18.2 Å². The molecule has 0 amide bonds. The van der Waals surface area contributed by atoms with Crippen molar-refractivity contribution in [3.8, 4) is 0 Å². The van der Waals surface area contributed by atoms with Gasteiger partial charge < -0.3 is 34.5 Å². The minimum Gasteiger partial charge on any atom is -0.443 e. The number of fused-ring (bicyclic) bond motifs is 8. The van der Waals surface area contributed by atoms with Crippen LogP contribution in [0, 0.1) is 28.6 Å². The van der Waals surface area contributed by atoms with Crippen molar-refractivity contribution in [2.75, 3.05) is 12.3 Å². The molecule has 3 saturated carbocycles. The number of phosphoric ester groups is 1. The second-order valence-electron chi connectivity index (χ2n) is 14.7. The van der Waals surface area contributed by atoms with Crippen molar-refractivity contribution < 1.29 is 47.5 Å². The van der Waals surface area contributed by atoms with Gasteiger partial charge in [-0.3, -0.25) is 14.1 Å². The van der Waals surface area contributed by atoms with Crippen molar-refractivity contribution in [3.63, 3.8) is 0 Å². The van der Waals surface area contributed by atoms with Crippen molar-refractivity contribution >= 4 is 36.2 Å². The summed E-state index contributed by atoms with van der Waals surface area (Å²) in [5.74, 6) is -0.980. The number of hydrogen-bond donors (Lipinski definition) is 4. The molecule has 4 aliphatic carbocycles. The smallest absolute Gasteiger partial charge is 0.443 e. The minimum absolute atomic E-state index is 0.0131. The molecule has 0 spiro atoms. The average molecular weight is 691 g/mol. The number of hydrogen-bond acceptors (Lipinski definition) is 10. The number of nitrogens with zero attached hydrogens (tertiary/aromatic N) is 1. The van der Waals surface area contributed by atoms with E-state index in [1.165, 1.54) is 6.39 Å². The minimum atomic E-state index is -4.97. The van der Waals surface area contributed by atoms with Crippen LogP contribution in [0.5, 0.6) is 0 Å². The Labute approximate surface area is 282 Å². The van der Waals surface area contributed by atoms with Crippen LogP contribution in [0.25, 0.3) is 11.1 Å². The van der Waals surface area contributed by atoms with Crippen LogP contribution < -0.4 is 5.73 Å². The number of carbonyl (C=O) groups is 2. The van der Waals surface area contributed by atoms with Gasteiger partial charge in [0, 0.05) is 34.3 Å². The zero-order valence-electron chi connectivity index (χ0n) is 27.2. The lowest BCUT2D eigenvalue weighted by atomic mass is 9.46. The molecule has 0 radical (unpaired) electrons. The number of benzene rings is 2. The number of Topliss-reactive ketones (excluding diaryl/α,β-unsaturated/α-hetero) is 1. The monoisotopic (exact) mass is 690 g/mol. The molecule has 2 heterocycles. The first-order valence-electron chi connectivity index (χ1n) is 16.6. The molecular weight excluding hydrogens is 651 g/mol. The fraction of sp³-hybridized carbons (Fsp3) is 0.472. The summed E-state index contributed by atoms with van der Waals surface area (Å²) in [4.78, 5) is 49.7. The summed E-state index contributed by atoms with van der Waals surface area (Å²) in [6.07, 6.45) is 6.68. The molecule has 5 N–H and O–H groups in total.